The summed E-state index contributed by atoms with van der Waals surface area (Å²) in [7, 11) is -2.87. The lowest BCUT2D eigenvalue weighted by atomic mass is 9.83. The van der Waals surface area contributed by atoms with E-state index in [-0.39, 0.29) is 34.2 Å². The van der Waals surface area contributed by atoms with Gasteiger partial charge in [-0.15, -0.1) is 0 Å². The van der Waals surface area contributed by atoms with Gasteiger partial charge in [0.1, 0.15) is 11.5 Å². The Morgan fingerprint density at radius 1 is 0.481 bits per heavy atom. The van der Waals surface area contributed by atoms with Crippen LogP contribution in [0.4, 0.5) is 0 Å². The van der Waals surface area contributed by atoms with Crippen molar-refractivity contribution in [3.63, 3.8) is 0 Å². The number of benzene rings is 11. The number of ether oxygens (including phenoxy) is 1. The van der Waals surface area contributed by atoms with Gasteiger partial charge in [-0.05, 0) is 120 Å². The molecule has 5 heteroatoms. The highest BCUT2D eigenvalue weighted by Gasteiger charge is 2.41. The monoisotopic (exact) mass is 1070 g/mol. The van der Waals surface area contributed by atoms with Crippen LogP contribution in [0.15, 0.2) is 273 Å². The van der Waals surface area contributed by atoms with E-state index < -0.39 is 38.0 Å². The van der Waals surface area contributed by atoms with Crippen molar-refractivity contribution in [2.75, 3.05) is 0 Å². The maximum absolute atomic E-state index is 9.64. The Hall–Kier alpha value is -9.29. The normalized spacial score (nSPS) is 13.5. The molecule has 2 heterocycles. The zero-order valence-corrected chi connectivity index (χ0v) is 47.3. The van der Waals surface area contributed by atoms with E-state index in [1.807, 2.05) is 60.7 Å². The molecule has 0 aliphatic rings. The van der Waals surface area contributed by atoms with E-state index in [2.05, 4.69) is 211 Å². The number of rotatable bonds is 12. The molecule has 394 valence electrons. The number of fused-ring (bicyclic) bond motifs is 4. The zero-order chi connectivity index (χ0) is 61.4. The van der Waals surface area contributed by atoms with Crippen LogP contribution in [0.2, 0.25) is 0 Å². The van der Waals surface area contributed by atoms with Gasteiger partial charge >= 0.3 is 0 Å². The van der Waals surface area contributed by atoms with Crippen LogP contribution in [-0.2, 0) is 11.8 Å². The Labute approximate surface area is 487 Å². The van der Waals surface area contributed by atoms with Gasteiger partial charge in [-0.3, -0.25) is 9.13 Å². The maximum Gasteiger partial charge on any atom is 0.269 e. The SMILES string of the molecule is [2H]c1c([2H])c([2H])c(-c2ccc(-n3c4ccccc4c4ccc(Oc5cccc(-n6[c-][n+](-c7c(-c8cccc([Si](c9ccccc9)(c9ccccc9)c9ccccc9)c8)cccc7C(C)(C)C)c7ccccc76)c5)cc43)cc2C([2H])([2H])C(C)(C)C)c([2H])c1[2H]. The van der Waals surface area contributed by atoms with Crippen LogP contribution in [-0.4, -0.2) is 17.2 Å². The maximum atomic E-state index is 9.64. The predicted octanol–water partition coefficient (Wildman–Crippen LogP) is 16.2. The third-order valence-electron chi connectivity index (χ3n) is 15.4. The second-order valence-corrected chi connectivity index (χ2v) is 26.7. The van der Waals surface area contributed by atoms with Gasteiger partial charge in [0.2, 0.25) is 0 Å². The van der Waals surface area contributed by atoms with E-state index in [1.165, 1.54) is 26.3 Å². The summed E-state index contributed by atoms with van der Waals surface area (Å²) in [5.74, 6) is 1.19. The van der Waals surface area contributed by atoms with E-state index in [0.29, 0.717) is 17.2 Å². The first-order valence-electron chi connectivity index (χ1n) is 31.2. The molecule has 0 unspecified atom stereocenters. The molecule has 13 aromatic rings. The molecule has 0 atom stereocenters. The molecule has 0 fully saturated rings. The van der Waals surface area contributed by atoms with Gasteiger partial charge in [0.15, 0.2) is 8.07 Å². The number of imidazole rings is 1. The fourth-order valence-corrected chi connectivity index (χ4v) is 16.7. The molecule has 0 saturated heterocycles. The highest BCUT2D eigenvalue weighted by atomic mass is 28.3. The van der Waals surface area contributed by atoms with Gasteiger partial charge in [-0.1, -0.05) is 260 Å². The fourth-order valence-electron chi connectivity index (χ4n) is 11.9. The molecule has 13 rings (SSSR count). The molecule has 81 heavy (non-hydrogen) atoms. The number of hydrogen-bond donors (Lipinski definition) is 0. The molecule has 11 aromatic carbocycles. The minimum atomic E-state index is -2.87. The summed E-state index contributed by atoms with van der Waals surface area (Å²) in [6, 6.07) is 82.7. The van der Waals surface area contributed by atoms with Gasteiger partial charge in [0, 0.05) is 25.3 Å². The van der Waals surface area contributed by atoms with Gasteiger partial charge in [0.25, 0.3) is 6.33 Å². The summed E-state index contributed by atoms with van der Waals surface area (Å²) in [6.07, 6.45) is 1.87. The molecule has 0 amide bonds. The van der Waals surface area contributed by atoms with Gasteiger partial charge in [-0.25, -0.2) is 0 Å². The standard InChI is InChI=1S/C76H65N3OSi/c1-75(2,3)52-56-48-58(44-46-65(56)54-26-11-7-12-27-54)79-70-41-20-19-38-67(70)68-47-45-60(51-73(68)79)80-59-30-24-29-57(50-59)77-53-78(72-43-22-21-42-71(72)77)74-66(39-25-40-69(74)76(4,5)6)55-28-23-37-64(49-55)81(61-31-13-8-14-32-61,62-33-15-9-16-34-62)63-35-17-10-18-36-63/h7-51H,52H2,1-6H3/i7D,11D,12D,26D,27D,52D2. The summed E-state index contributed by atoms with van der Waals surface area (Å²) >= 11 is 0. The van der Waals surface area contributed by atoms with Gasteiger partial charge < -0.3 is 9.30 Å². The first-order valence-corrected chi connectivity index (χ1v) is 29.7. The Bertz CT molecular complexity index is 4710. The van der Waals surface area contributed by atoms with Gasteiger partial charge in [-0.2, -0.15) is 0 Å². The van der Waals surface area contributed by atoms with Crippen molar-refractivity contribution >= 4 is 61.7 Å². The highest BCUT2D eigenvalue weighted by Crippen LogP contribution is 2.39. The first-order chi connectivity index (χ1) is 42.3. The predicted molar refractivity (Wildman–Crippen MR) is 341 cm³/mol. The third-order valence-corrected chi connectivity index (χ3v) is 20.1. The van der Waals surface area contributed by atoms with E-state index in [1.54, 1.807) is 32.9 Å². The number of aromatic nitrogens is 3. The summed E-state index contributed by atoms with van der Waals surface area (Å²) in [5, 5.41) is 7.16. The van der Waals surface area contributed by atoms with Crippen molar-refractivity contribution in [1.29, 1.82) is 0 Å². The summed E-state index contributed by atoms with van der Waals surface area (Å²) in [6.45, 7) is 12.2. The van der Waals surface area contributed by atoms with Crippen LogP contribution in [0.1, 0.15) is 62.3 Å². The van der Waals surface area contributed by atoms with E-state index in [4.69, 9.17) is 11.6 Å². The lowest BCUT2D eigenvalue weighted by Crippen LogP contribution is -2.74. The molecule has 2 aromatic heterocycles. The molecular weight excluding hydrogens is 999 g/mol. The van der Waals surface area contributed by atoms with Crippen LogP contribution in [0, 0.1) is 11.7 Å². The van der Waals surface area contributed by atoms with Crippen molar-refractivity contribution in [3.8, 4) is 50.8 Å². The number of para-hydroxylation sites is 4. The Morgan fingerprint density at radius 3 is 1.78 bits per heavy atom. The van der Waals surface area contributed by atoms with Crippen molar-refractivity contribution in [1.82, 2.24) is 9.13 Å². The molecular formula is C76H65N3OSi. The average Bonchev–Trinajstić information content (AvgIpc) is 1.15. The van der Waals surface area contributed by atoms with Crippen molar-refractivity contribution in [2.45, 2.75) is 53.3 Å². The van der Waals surface area contributed by atoms with Crippen LogP contribution < -0.4 is 30.1 Å². The molecule has 0 bridgehead atoms. The molecule has 0 spiro atoms. The Balaban J connectivity index is 0.925. The third kappa shape index (κ3) is 9.47. The lowest BCUT2D eigenvalue weighted by molar-refractivity contribution is -0.572. The smallest absolute Gasteiger partial charge is 0.269 e. The zero-order valence-electron chi connectivity index (χ0n) is 53.3. The van der Waals surface area contributed by atoms with Crippen LogP contribution in [0.5, 0.6) is 11.5 Å². The van der Waals surface area contributed by atoms with Crippen molar-refractivity contribution in [2.24, 2.45) is 5.41 Å². The molecule has 0 N–H and O–H groups in total. The van der Waals surface area contributed by atoms with E-state index in [9.17, 15) is 2.74 Å². The number of nitrogens with zero attached hydrogens (tertiary/aromatic N) is 3. The highest BCUT2D eigenvalue weighted by molar-refractivity contribution is 7.19. The van der Waals surface area contributed by atoms with Crippen molar-refractivity contribution in [3.05, 3.63) is 290 Å². The fraction of sp³-hybridized carbons (Fsp3) is 0.118. The Kier molecular flexibility index (Phi) is 11.2. The summed E-state index contributed by atoms with van der Waals surface area (Å²) in [4.78, 5) is 0. The Morgan fingerprint density at radius 2 is 1.09 bits per heavy atom. The second kappa shape index (κ2) is 20.7. The van der Waals surface area contributed by atoms with Crippen LogP contribution in [0.25, 0.3) is 72.2 Å². The summed E-state index contributed by atoms with van der Waals surface area (Å²) < 4.78 is 75.7. The average molecular weight is 1070 g/mol. The first kappa shape index (κ1) is 43.6. The molecule has 0 saturated carbocycles. The molecule has 0 radical (unpaired) electrons. The topological polar surface area (TPSA) is 23.0 Å². The van der Waals surface area contributed by atoms with E-state index >= 15 is 0 Å². The molecule has 4 nitrogen and oxygen atoms in total. The van der Waals surface area contributed by atoms with Crippen molar-refractivity contribution < 1.29 is 18.9 Å². The van der Waals surface area contributed by atoms with Gasteiger partial charge in [0.05, 0.1) is 40.3 Å². The van der Waals surface area contributed by atoms with E-state index in [0.717, 1.165) is 55.3 Å². The number of hydrogen-bond acceptors (Lipinski definition) is 1. The minimum Gasteiger partial charge on any atom is -0.458 e. The lowest BCUT2D eigenvalue weighted by Gasteiger charge is -2.35. The second-order valence-electron chi connectivity index (χ2n) is 22.9. The van der Waals surface area contributed by atoms with Crippen LogP contribution in [0.3, 0.4) is 0 Å². The quantitative estimate of drug-likeness (QED) is 0.0517. The summed E-state index contributed by atoms with van der Waals surface area (Å²) in [5.41, 5.74) is 8.75. The molecule has 0 aliphatic carbocycles. The minimum absolute atomic E-state index is 0.0445. The largest absolute Gasteiger partial charge is 0.458 e. The van der Waals surface area contributed by atoms with Crippen LogP contribution >= 0.6 is 0 Å². The molecule has 0 aliphatic heterocycles.